The van der Waals surface area contributed by atoms with Crippen molar-refractivity contribution in [1.29, 1.82) is 0 Å². The molecule has 0 radical (unpaired) electrons. The number of carboxylic acid groups (broad SMARTS) is 1. The summed E-state index contributed by atoms with van der Waals surface area (Å²) in [4.78, 5) is 18.9. The van der Waals surface area contributed by atoms with Crippen molar-refractivity contribution in [3.8, 4) is 5.88 Å². The van der Waals surface area contributed by atoms with Gasteiger partial charge in [-0.15, -0.1) is 0 Å². The van der Waals surface area contributed by atoms with Crippen LogP contribution in [0.1, 0.15) is 33.1 Å². The minimum absolute atomic E-state index is 0.318. The maximum absolute atomic E-state index is 10.6. The van der Waals surface area contributed by atoms with E-state index in [1.165, 1.54) is 0 Å². The maximum atomic E-state index is 10.6. The molecule has 0 aliphatic carbocycles. The summed E-state index contributed by atoms with van der Waals surface area (Å²) in [7, 11) is 0. The molecular formula is C13H21N3O3. The van der Waals surface area contributed by atoms with E-state index >= 15 is 0 Å². The summed E-state index contributed by atoms with van der Waals surface area (Å²) in [5.74, 6) is -0.0111. The molecule has 0 amide bonds. The van der Waals surface area contributed by atoms with E-state index in [1.54, 1.807) is 19.2 Å². The fourth-order valence-corrected chi connectivity index (χ4v) is 1.45. The first-order chi connectivity index (χ1) is 9.13. The third-order valence-electron chi connectivity index (χ3n) is 2.60. The number of rotatable bonds is 9. The van der Waals surface area contributed by atoms with Gasteiger partial charge >= 0.3 is 5.97 Å². The summed E-state index contributed by atoms with van der Waals surface area (Å²) < 4.78 is 5.40. The van der Waals surface area contributed by atoms with E-state index in [-0.39, 0.29) is 5.92 Å². The highest BCUT2D eigenvalue weighted by Crippen LogP contribution is 2.10. The van der Waals surface area contributed by atoms with E-state index < -0.39 is 5.97 Å². The topological polar surface area (TPSA) is 84.3 Å². The highest BCUT2D eigenvalue weighted by Gasteiger charge is 2.09. The zero-order valence-corrected chi connectivity index (χ0v) is 11.4. The molecule has 19 heavy (non-hydrogen) atoms. The average Bonchev–Trinajstić information content (AvgIpc) is 2.41. The lowest BCUT2D eigenvalue weighted by atomic mass is 10.1. The van der Waals surface area contributed by atoms with Crippen LogP contribution in [0.5, 0.6) is 5.88 Å². The second-order valence-corrected chi connectivity index (χ2v) is 4.38. The Bertz CT molecular complexity index is 398. The van der Waals surface area contributed by atoms with Crippen molar-refractivity contribution < 1.29 is 14.6 Å². The Kier molecular flexibility index (Phi) is 6.63. The van der Waals surface area contributed by atoms with Gasteiger partial charge in [0.25, 0.3) is 0 Å². The quantitative estimate of drug-likeness (QED) is 0.667. The van der Waals surface area contributed by atoms with Crippen molar-refractivity contribution in [3.63, 3.8) is 0 Å². The number of hydrogen-bond donors (Lipinski definition) is 2. The van der Waals surface area contributed by atoms with Gasteiger partial charge in [0, 0.05) is 18.8 Å². The number of carbonyl (C=O) groups is 1. The molecule has 0 fully saturated rings. The van der Waals surface area contributed by atoms with Gasteiger partial charge in [-0.3, -0.25) is 4.79 Å². The number of ether oxygens (including phenoxy) is 1. The molecule has 1 unspecified atom stereocenters. The fourth-order valence-electron chi connectivity index (χ4n) is 1.45. The van der Waals surface area contributed by atoms with Gasteiger partial charge in [0.2, 0.25) is 11.8 Å². The first-order valence-electron chi connectivity index (χ1n) is 6.56. The fraction of sp³-hybridized carbons (Fsp3) is 0.615. The molecule has 0 spiro atoms. The van der Waals surface area contributed by atoms with Crippen LogP contribution in [0.4, 0.5) is 5.95 Å². The first-order valence-corrected chi connectivity index (χ1v) is 6.56. The Morgan fingerprint density at radius 2 is 2.37 bits per heavy atom. The normalized spacial score (nSPS) is 11.9. The monoisotopic (exact) mass is 267 g/mol. The molecule has 0 saturated heterocycles. The van der Waals surface area contributed by atoms with E-state index in [1.807, 2.05) is 6.92 Å². The van der Waals surface area contributed by atoms with E-state index in [0.29, 0.717) is 31.4 Å². The van der Waals surface area contributed by atoms with Crippen molar-refractivity contribution in [2.45, 2.75) is 33.1 Å². The van der Waals surface area contributed by atoms with Crippen molar-refractivity contribution in [3.05, 3.63) is 12.3 Å². The molecule has 1 heterocycles. The van der Waals surface area contributed by atoms with Crippen LogP contribution in [-0.4, -0.2) is 34.2 Å². The van der Waals surface area contributed by atoms with Crippen molar-refractivity contribution >= 4 is 11.9 Å². The third-order valence-corrected chi connectivity index (χ3v) is 2.60. The van der Waals surface area contributed by atoms with E-state index in [0.717, 1.165) is 12.8 Å². The molecule has 0 bridgehead atoms. The highest BCUT2D eigenvalue weighted by molar-refractivity contribution is 5.69. The number of anilines is 1. The first kappa shape index (κ1) is 15.2. The van der Waals surface area contributed by atoms with Gasteiger partial charge in [-0.05, 0) is 19.3 Å². The predicted octanol–water partition coefficient (Wildman–Crippen LogP) is 2.18. The second kappa shape index (κ2) is 8.29. The van der Waals surface area contributed by atoms with Gasteiger partial charge in [-0.1, -0.05) is 13.8 Å². The van der Waals surface area contributed by atoms with Crippen LogP contribution in [-0.2, 0) is 4.79 Å². The van der Waals surface area contributed by atoms with Gasteiger partial charge in [-0.2, -0.15) is 4.98 Å². The minimum Gasteiger partial charge on any atom is -0.481 e. The summed E-state index contributed by atoms with van der Waals surface area (Å²) in [6.07, 6.45) is 3.96. The van der Waals surface area contributed by atoms with Gasteiger partial charge in [0.15, 0.2) is 0 Å². The Hall–Kier alpha value is -1.85. The number of aromatic nitrogens is 2. The smallest absolute Gasteiger partial charge is 0.306 e. The van der Waals surface area contributed by atoms with Crippen LogP contribution >= 0.6 is 0 Å². The SMILES string of the molecule is CCCOc1ccnc(NCCCC(C)C(=O)O)n1. The summed E-state index contributed by atoms with van der Waals surface area (Å²) in [5, 5.41) is 11.8. The van der Waals surface area contributed by atoms with Crippen molar-refractivity contribution in [2.24, 2.45) is 5.92 Å². The molecule has 6 heteroatoms. The lowest BCUT2D eigenvalue weighted by Crippen LogP contribution is -2.12. The zero-order chi connectivity index (χ0) is 14.1. The van der Waals surface area contributed by atoms with Gasteiger partial charge < -0.3 is 15.2 Å². The molecule has 1 aromatic heterocycles. The largest absolute Gasteiger partial charge is 0.481 e. The van der Waals surface area contributed by atoms with Gasteiger partial charge in [0.1, 0.15) is 0 Å². The molecular weight excluding hydrogens is 246 g/mol. The molecule has 0 saturated carbocycles. The number of aliphatic carboxylic acids is 1. The summed E-state index contributed by atoms with van der Waals surface area (Å²) in [6, 6.07) is 1.72. The van der Waals surface area contributed by atoms with Crippen molar-refractivity contribution in [2.75, 3.05) is 18.5 Å². The lowest BCUT2D eigenvalue weighted by Gasteiger charge is -2.08. The Labute approximate surface area is 113 Å². The number of carboxylic acids is 1. The van der Waals surface area contributed by atoms with Crippen LogP contribution in [0.3, 0.4) is 0 Å². The van der Waals surface area contributed by atoms with E-state index in [2.05, 4.69) is 15.3 Å². The van der Waals surface area contributed by atoms with Crippen LogP contribution in [0.25, 0.3) is 0 Å². The molecule has 2 N–H and O–H groups in total. The third kappa shape index (κ3) is 6.03. The molecule has 0 aromatic carbocycles. The van der Waals surface area contributed by atoms with Gasteiger partial charge in [-0.25, -0.2) is 4.98 Å². The minimum atomic E-state index is -0.758. The molecule has 1 atom stereocenters. The van der Waals surface area contributed by atoms with E-state index in [4.69, 9.17) is 9.84 Å². The lowest BCUT2D eigenvalue weighted by molar-refractivity contribution is -0.141. The van der Waals surface area contributed by atoms with Crippen LogP contribution in [0.2, 0.25) is 0 Å². The molecule has 6 nitrogen and oxygen atoms in total. The van der Waals surface area contributed by atoms with E-state index in [9.17, 15) is 4.79 Å². The van der Waals surface area contributed by atoms with Crippen LogP contribution in [0.15, 0.2) is 12.3 Å². The average molecular weight is 267 g/mol. The summed E-state index contributed by atoms with van der Waals surface area (Å²) >= 11 is 0. The highest BCUT2D eigenvalue weighted by atomic mass is 16.5. The number of nitrogens with one attached hydrogen (secondary N) is 1. The summed E-state index contributed by atoms with van der Waals surface area (Å²) in [6.45, 7) is 5.02. The molecule has 1 aromatic rings. The maximum Gasteiger partial charge on any atom is 0.306 e. The molecule has 0 aliphatic rings. The molecule has 1 rings (SSSR count). The van der Waals surface area contributed by atoms with Crippen LogP contribution < -0.4 is 10.1 Å². The molecule has 0 aliphatic heterocycles. The van der Waals surface area contributed by atoms with Gasteiger partial charge in [0.05, 0.1) is 12.5 Å². The predicted molar refractivity (Wildman–Crippen MR) is 72.3 cm³/mol. The van der Waals surface area contributed by atoms with Crippen LogP contribution in [0, 0.1) is 5.92 Å². The zero-order valence-electron chi connectivity index (χ0n) is 11.4. The second-order valence-electron chi connectivity index (χ2n) is 4.38. The number of nitrogens with zero attached hydrogens (tertiary/aromatic N) is 2. The Morgan fingerprint density at radius 3 is 3.05 bits per heavy atom. The standard InChI is InChI=1S/C13H21N3O3/c1-3-9-19-11-6-8-15-13(16-11)14-7-4-5-10(2)12(17)18/h6,8,10H,3-5,7,9H2,1-2H3,(H,17,18)(H,14,15,16). The Balaban J connectivity index is 2.30. The molecule has 106 valence electrons. The Morgan fingerprint density at radius 1 is 1.58 bits per heavy atom. The summed E-state index contributed by atoms with van der Waals surface area (Å²) in [5.41, 5.74) is 0. The van der Waals surface area contributed by atoms with Crippen molar-refractivity contribution in [1.82, 2.24) is 9.97 Å². The number of hydrogen-bond acceptors (Lipinski definition) is 5.